The van der Waals surface area contributed by atoms with E-state index >= 15 is 0 Å². The lowest BCUT2D eigenvalue weighted by molar-refractivity contribution is 0.419. The highest BCUT2D eigenvalue weighted by Crippen LogP contribution is 2.32. The van der Waals surface area contributed by atoms with Crippen LogP contribution in [0.25, 0.3) is 10.2 Å². The lowest BCUT2D eigenvalue weighted by Gasteiger charge is -2.06. The molecule has 0 fully saturated rings. The Hall–Kier alpha value is -3.06. The Balaban J connectivity index is 1.65. The van der Waals surface area contributed by atoms with Crippen LogP contribution in [0.15, 0.2) is 48.4 Å². The first-order chi connectivity index (χ1) is 13.9. The quantitative estimate of drug-likeness (QED) is 0.500. The lowest BCUT2D eigenvalue weighted by atomic mass is 10.2. The first-order valence-corrected chi connectivity index (χ1v) is 10.9. The van der Waals surface area contributed by atoms with Crippen molar-refractivity contribution in [3.8, 4) is 17.6 Å². The molecule has 1 aromatic heterocycles. The molecule has 29 heavy (non-hydrogen) atoms. The van der Waals surface area contributed by atoms with E-state index < -0.39 is 10.0 Å². The van der Waals surface area contributed by atoms with Gasteiger partial charge in [-0.25, -0.2) is 18.1 Å². The van der Waals surface area contributed by atoms with Crippen molar-refractivity contribution in [2.75, 3.05) is 24.7 Å². The number of anilines is 2. The average molecular weight is 429 g/mol. The van der Waals surface area contributed by atoms with Crippen LogP contribution in [0, 0.1) is 11.8 Å². The molecule has 0 aliphatic rings. The second-order valence-corrected chi connectivity index (χ2v) is 8.74. The number of hydrogen-bond donors (Lipinski definition) is 3. The number of aromatic nitrogens is 1. The predicted octanol–water partition coefficient (Wildman–Crippen LogP) is 2.91. The van der Waals surface area contributed by atoms with Gasteiger partial charge in [0.15, 0.2) is 5.13 Å². The van der Waals surface area contributed by atoms with Crippen molar-refractivity contribution < 1.29 is 13.2 Å². The second-order valence-electron chi connectivity index (χ2n) is 5.97. The predicted molar refractivity (Wildman–Crippen MR) is 118 cm³/mol. The van der Waals surface area contributed by atoms with Crippen molar-refractivity contribution in [2.45, 2.75) is 6.54 Å². The minimum Gasteiger partial charge on any atom is -0.494 e. The number of fused-ring (bicyclic) bond motifs is 1. The molecule has 2 aromatic carbocycles. The van der Waals surface area contributed by atoms with Gasteiger partial charge in [-0.05, 0) is 29.8 Å². The van der Waals surface area contributed by atoms with Gasteiger partial charge in [0, 0.05) is 23.2 Å². The number of nitrogens with one attached hydrogen (secondary N) is 2. The van der Waals surface area contributed by atoms with Crippen LogP contribution in [-0.2, 0) is 16.6 Å². The fourth-order valence-corrected chi connectivity index (χ4v) is 3.85. The third-order valence-corrected chi connectivity index (χ3v) is 5.75. The Kier molecular flexibility index (Phi) is 6.39. The van der Waals surface area contributed by atoms with E-state index in [-0.39, 0.29) is 6.54 Å². The Bertz CT molecular complexity index is 1210. The fourth-order valence-electron chi connectivity index (χ4n) is 2.57. The van der Waals surface area contributed by atoms with Gasteiger partial charge in [0.25, 0.3) is 0 Å². The van der Waals surface area contributed by atoms with Gasteiger partial charge in [-0.1, -0.05) is 41.9 Å². The number of rotatable bonds is 7. The number of methoxy groups -OCH3 is 1. The molecule has 1 heterocycles. The molecule has 0 saturated heterocycles. The number of nitrogens with zero attached hydrogens (tertiary/aromatic N) is 1. The van der Waals surface area contributed by atoms with Crippen LogP contribution in [0.3, 0.4) is 0 Å². The summed E-state index contributed by atoms with van der Waals surface area (Å²) in [5.41, 5.74) is 9.00. The van der Waals surface area contributed by atoms with E-state index in [1.165, 1.54) is 11.3 Å². The number of thiazole rings is 1. The van der Waals surface area contributed by atoms with Crippen LogP contribution >= 0.6 is 11.3 Å². The number of ether oxygens (including phenoxy) is 1. The largest absolute Gasteiger partial charge is 0.494 e. The van der Waals surface area contributed by atoms with Gasteiger partial charge in [-0.15, -0.1) is 0 Å². The van der Waals surface area contributed by atoms with Gasteiger partial charge >= 0.3 is 0 Å². The normalized spacial score (nSPS) is 10.9. The van der Waals surface area contributed by atoms with Gasteiger partial charge < -0.3 is 15.8 Å². The summed E-state index contributed by atoms with van der Waals surface area (Å²) in [4.78, 5) is 4.27. The summed E-state index contributed by atoms with van der Waals surface area (Å²) < 4.78 is 31.6. The molecule has 0 amide bonds. The van der Waals surface area contributed by atoms with E-state index in [1.807, 2.05) is 36.4 Å². The maximum atomic E-state index is 11.4. The second kappa shape index (κ2) is 8.96. The molecule has 4 N–H and O–H groups in total. The first kappa shape index (κ1) is 20.7. The zero-order valence-corrected chi connectivity index (χ0v) is 17.4. The van der Waals surface area contributed by atoms with E-state index in [0.29, 0.717) is 17.4 Å². The molecule has 0 saturated carbocycles. The molecule has 3 aromatic rings. The number of sulfonamides is 1. The summed E-state index contributed by atoms with van der Waals surface area (Å²) in [6, 6.07) is 11.2. The van der Waals surface area contributed by atoms with Crippen molar-refractivity contribution in [3.05, 3.63) is 59.5 Å². The van der Waals surface area contributed by atoms with Crippen LogP contribution in [0.1, 0.15) is 11.1 Å². The molecule has 0 radical (unpaired) electrons. The minimum absolute atomic E-state index is 0.188. The highest BCUT2D eigenvalue weighted by Gasteiger charge is 2.08. The summed E-state index contributed by atoms with van der Waals surface area (Å²) in [7, 11) is -1.86. The average Bonchev–Trinajstić information content (AvgIpc) is 3.09. The van der Waals surface area contributed by atoms with Crippen molar-refractivity contribution in [2.24, 2.45) is 0 Å². The lowest BCUT2D eigenvalue weighted by Crippen LogP contribution is -2.20. The molecule has 0 aliphatic carbocycles. The van der Waals surface area contributed by atoms with Crippen LogP contribution in [0.4, 0.5) is 10.8 Å². The fraction of sp³-hybridized carbons (Fsp3) is 0.150. The maximum absolute atomic E-state index is 11.4. The Labute approximate surface area is 173 Å². The molecule has 9 heteroatoms. The molecule has 3 rings (SSSR count). The number of hydrogen-bond acceptors (Lipinski definition) is 7. The van der Waals surface area contributed by atoms with Crippen molar-refractivity contribution in [1.29, 1.82) is 0 Å². The molecule has 150 valence electrons. The maximum Gasteiger partial charge on any atom is 0.233 e. The number of benzene rings is 2. The summed E-state index contributed by atoms with van der Waals surface area (Å²) in [5, 5.41) is 4.58. The zero-order chi connectivity index (χ0) is 20.9. The Morgan fingerprint density at radius 2 is 2.17 bits per heavy atom. The smallest absolute Gasteiger partial charge is 0.233 e. The Morgan fingerprint density at radius 3 is 2.93 bits per heavy atom. The van der Waals surface area contributed by atoms with Gasteiger partial charge in [-0.3, -0.25) is 0 Å². The monoisotopic (exact) mass is 428 g/mol. The SMILES string of the molecule is C=CS(=O)(=O)NCc1cccc(NCC#Cc2cc(OC)c3nc(N)sc3c2)c1. The third-order valence-electron chi connectivity index (χ3n) is 3.93. The highest BCUT2D eigenvalue weighted by molar-refractivity contribution is 7.92. The molecule has 7 nitrogen and oxygen atoms in total. The van der Waals surface area contributed by atoms with Crippen LogP contribution in [0.5, 0.6) is 5.75 Å². The summed E-state index contributed by atoms with van der Waals surface area (Å²) in [6.07, 6.45) is 0. The van der Waals surface area contributed by atoms with E-state index in [0.717, 1.165) is 32.4 Å². The van der Waals surface area contributed by atoms with Gasteiger partial charge in [0.2, 0.25) is 10.0 Å². The molecule has 0 bridgehead atoms. The summed E-state index contributed by atoms with van der Waals surface area (Å²) in [6.45, 7) is 3.88. The van der Waals surface area contributed by atoms with Crippen molar-refractivity contribution in [1.82, 2.24) is 9.71 Å². The highest BCUT2D eigenvalue weighted by atomic mass is 32.2. The van der Waals surface area contributed by atoms with Gasteiger partial charge in [0.1, 0.15) is 11.3 Å². The van der Waals surface area contributed by atoms with E-state index in [9.17, 15) is 8.42 Å². The third kappa shape index (κ3) is 5.48. The molecule has 0 aliphatic heterocycles. The van der Waals surface area contributed by atoms with E-state index in [4.69, 9.17) is 10.5 Å². The van der Waals surface area contributed by atoms with Crippen molar-refractivity contribution >= 4 is 42.4 Å². The molecular formula is C20H20N4O3S2. The van der Waals surface area contributed by atoms with Crippen molar-refractivity contribution in [3.63, 3.8) is 0 Å². The molecule has 0 unspecified atom stereocenters. The van der Waals surface area contributed by atoms with Gasteiger partial charge in [0.05, 0.1) is 18.4 Å². The number of nitrogens with two attached hydrogens (primary N) is 1. The molecule has 0 atom stereocenters. The Morgan fingerprint density at radius 1 is 1.34 bits per heavy atom. The van der Waals surface area contributed by atoms with Gasteiger partial charge in [-0.2, -0.15) is 0 Å². The van der Waals surface area contributed by atoms with Crippen LogP contribution in [-0.4, -0.2) is 27.1 Å². The topological polar surface area (TPSA) is 106 Å². The molecule has 0 spiro atoms. The summed E-state index contributed by atoms with van der Waals surface area (Å²) in [5.74, 6) is 6.81. The zero-order valence-electron chi connectivity index (χ0n) is 15.7. The van der Waals surface area contributed by atoms with E-state index in [2.05, 4.69) is 33.4 Å². The number of nitrogen functional groups attached to an aromatic ring is 1. The molecular weight excluding hydrogens is 408 g/mol. The van der Waals surface area contributed by atoms with Crippen LogP contribution in [0.2, 0.25) is 0 Å². The summed E-state index contributed by atoms with van der Waals surface area (Å²) >= 11 is 1.39. The van der Waals surface area contributed by atoms with E-state index in [1.54, 1.807) is 7.11 Å². The minimum atomic E-state index is -3.45. The van der Waals surface area contributed by atoms with Crippen LogP contribution < -0.4 is 20.5 Å². The first-order valence-electron chi connectivity index (χ1n) is 8.58. The standard InChI is InChI=1S/C20H20N4O3S2/c1-3-29(25,26)23-13-15-6-4-8-16(10-15)22-9-5-7-14-11-17(27-2)19-18(12-14)28-20(21)24-19/h3-4,6,8,10-12,22-23H,1,9,13H2,2H3,(H2,21,24).